The van der Waals surface area contributed by atoms with Crippen LogP contribution in [0.3, 0.4) is 0 Å². The summed E-state index contributed by atoms with van der Waals surface area (Å²) in [6, 6.07) is 1.96. The summed E-state index contributed by atoms with van der Waals surface area (Å²) in [7, 11) is 0. The first kappa shape index (κ1) is 34.1. The molecule has 1 aliphatic heterocycles. The summed E-state index contributed by atoms with van der Waals surface area (Å²) >= 11 is 0. The third kappa shape index (κ3) is 11.0. The van der Waals surface area contributed by atoms with Crippen LogP contribution in [-0.4, -0.2) is 117 Å². The van der Waals surface area contributed by atoms with Gasteiger partial charge in [-0.05, 0) is 45.2 Å². The zero-order chi connectivity index (χ0) is 29.7. The van der Waals surface area contributed by atoms with Crippen LogP contribution in [0.4, 0.5) is 0 Å². The summed E-state index contributed by atoms with van der Waals surface area (Å²) in [6.07, 6.45) is -4.72. The van der Waals surface area contributed by atoms with E-state index >= 15 is 0 Å². The first-order chi connectivity index (χ1) is 19.0. The molecule has 14 heteroatoms. The van der Waals surface area contributed by atoms with Gasteiger partial charge in [-0.15, -0.1) is 0 Å². The Bertz CT molecular complexity index is 881. The number of ether oxygens (including phenoxy) is 5. The van der Waals surface area contributed by atoms with Gasteiger partial charge >= 0.3 is 5.95 Å². The minimum absolute atomic E-state index is 0.139. The Hall–Kier alpha value is -2.11. The van der Waals surface area contributed by atoms with Crippen molar-refractivity contribution in [3.63, 3.8) is 0 Å². The fourth-order valence-corrected chi connectivity index (χ4v) is 3.87. The van der Waals surface area contributed by atoms with E-state index in [1.54, 1.807) is 33.2 Å². The normalized spacial score (nSPS) is 25.4. The molecule has 1 saturated heterocycles. The minimum Gasteiger partial charge on any atom is -0.508 e. The van der Waals surface area contributed by atoms with E-state index in [4.69, 9.17) is 28.5 Å². The lowest BCUT2D eigenvalue weighted by atomic mass is 9.99. The molecule has 0 bridgehead atoms. The molecule has 7 atom stereocenters. The number of nitrogens with zero attached hydrogens (tertiary/aromatic N) is 1. The summed E-state index contributed by atoms with van der Waals surface area (Å²) in [4.78, 5) is 9.49. The molecular weight excluding hydrogens is 532 g/mol. The van der Waals surface area contributed by atoms with Gasteiger partial charge in [0.2, 0.25) is 0 Å². The fourth-order valence-electron chi connectivity index (χ4n) is 3.87. The van der Waals surface area contributed by atoms with Crippen molar-refractivity contribution < 1.29 is 59.2 Å². The Morgan fingerprint density at radius 2 is 1.85 bits per heavy atom. The van der Waals surface area contributed by atoms with E-state index in [0.717, 1.165) is 11.1 Å². The molecule has 0 spiro atoms. The summed E-state index contributed by atoms with van der Waals surface area (Å²) in [6.45, 7) is 6.38. The Labute approximate surface area is 234 Å². The largest absolute Gasteiger partial charge is 0.508 e. The molecule has 0 aliphatic carbocycles. The Balaban J connectivity index is 1.84. The SMILES string of the molecule is Cc1cncc(CONCCCO[C@H]2OC(CO)[C@@H](O/C(=C\O)OC(CO)[C@H](CO)OC(C)(C)C)[C@@H](O)C2O)c1. The zero-order valence-corrected chi connectivity index (χ0v) is 23.4. The standard InChI is InChI=1S/C26H44N2O12/c1-16-8-17(10-27-9-16)15-36-28-6-5-7-35-25-23(34)22(33)24(20(13-31)38-25)39-21(14-32)37-18(11-29)19(12-30)40-26(2,3)4/h8-10,14,18-20,22-25,28-34H,5-7,11-13,15H2,1-4H3/b21-14-/t18?,19-,20?,22-,23?,24+,25-/m0/s1. The van der Waals surface area contributed by atoms with Crippen molar-refractivity contribution in [2.24, 2.45) is 0 Å². The molecule has 40 heavy (non-hydrogen) atoms. The second-order valence-electron chi connectivity index (χ2n) is 10.3. The van der Waals surface area contributed by atoms with E-state index in [2.05, 4.69) is 10.5 Å². The predicted molar refractivity (Wildman–Crippen MR) is 139 cm³/mol. The highest BCUT2D eigenvalue weighted by atomic mass is 16.7. The van der Waals surface area contributed by atoms with Crippen LogP contribution in [-0.2, 0) is 35.1 Å². The minimum atomic E-state index is -1.61. The van der Waals surface area contributed by atoms with E-state index in [1.165, 1.54) is 0 Å². The van der Waals surface area contributed by atoms with Crippen LogP contribution < -0.4 is 5.48 Å². The van der Waals surface area contributed by atoms with Gasteiger partial charge in [0.15, 0.2) is 24.8 Å². The molecule has 7 N–H and O–H groups in total. The summed E-state index contributed by atoms with van der Waals surface area (Å²) < 4.78 is 27.8. The fraction of sp³-hybridized carbons (Fsp3) is 0.731. The van der Waals surface area contributed by atoms with Crippen LogP contribution in [0, 0.1) is 6.92 Å². The predicted octanol–water partition coefficient (Wildman–Crippen LogP) is -0.447. The van der Waals surface area contributed by atoms with Crippen LogP contribution >= 0.6 is 0 Å². The number of hydroxylamine groups is 1. The van der Waals surface area contributed by atoms with E-state index in [1.807, 2.05) is 13.0 Å². The lowest BCUT2D eigenvalue weighted by molar-refractivity contribution is -0.309. The smallest absolute Gasteiger partial charge is 0.316 e. The molecular formula is C26H44N2O12. The van der Waals surface area contributed by atoms with Crippen LogP contribution in [0.25, 0.3) is 0 Å². The quantitative estimate of drug-likeness (QED) is 0.0714. The maximum atomic E-state index is 10.7. The molecule has 2 rings (SSSR count). The molecule has 1 aliphatic rings. The van der Waals surface area contributed by atoms with Gasteiger partial charge in [0.25, 0.3) is 0 Å². The average molecular weight is 577 g/mol. The molecule has 3 unspecified atom stereocenters. The van der Waals surface area contributed by atoms with Crippen molar-refractivity contribution in [3.05, 3.63) is 41.8 Å². The number of aliphatic hydroxyl groups excluding tert-OH is 6. The van der Waals surface area contributed by atoms with Gasteiger partial charge in [0.05, 0.1) is 38.6 Å². The van der Waals surface area contributed by atoms with Gasteiger partial charge in [-0.2, -0.15) is 0 Å². The van der Waals surface area contributed by atoms with Crippen molar-refractivity contribution in [1.82, 2.24) is 10.5 Å². The maximum absolute atomic E-state index is 10.7. The summed E-state index contributed by atoms with van der Waals surface area (Å²) in [5.74, 6) is -0.555. The van der Waals surface area contributed by atoms with Crippen molar-refractivity contribution in [2.45, 2.75) is 89.2 Å². The number of aryl methyl sites for hydroxylation is 1. The lowest BCUT2D eigenvalue weighted by Crippen LogP contribution is -2.60. The molecule has 1 aromatic rings. The molecule has 0 radical (unpaired) electrons. The first-order valence-corrected chi connectivity index (χ1v) is 13.1. The highest BCUT2D eigenvalue weighted by Gasteiger charge is 2.47. The molecule has 1 aromatic heterocycles. The van der Waals surface area contributed by atoms with Gasteiger partial charge in [-0.25, -0.2) is 5.48 Å². The molecule has 14 nitrogen and oxygen atoms in total. The monoisotopic (exact) mass is 576 g/mol. The molecule has 0 saturated carbocycles. The second kappa shape index (κ2) is 17.0. The van der Waals surface area contributed by atoms with E-state index in [9.17, 15) is 30.6 Å². The zero-order valence-electron chi connectivity index (χ0n) is 23.4. The molecule has 2 heterocycles. The van der Waals surface area contributed by atoms with Crippen molar-refractivity contribution in [1.29, 1.82) is 0 Å². The van der Waals surface area contributed by atoms with Crippen LogP contribution in [0.1, 0.15) is 38.3 Å². The Kier molecular flexibility index (Phi) is 14.5. The number of hydrogen-bond donors (Lipinski definition) is 7. The molecule has 0 amide bonds. The average Bonchev–Trinajstić information content (AvgIpc) is 2.92. The van der Waals surface area contributed by atoms with Crippen LogP contribution in [0.2, 0.25) is 0 Å². The van der Waals surface area contributed by atoms with Crippen molar-refractivity contribution in [3.8, 4) is 0 Å². The second-order valence-corrected chi connectivity index (χ2v) is 10.3. The van der Waals surface area contributed by atoms with Crippen molar-refractivity contribution >= 4 is 0 Å². The Morgan fingerprint density at radius 1 is 1.12 bits per heavy atom. The summed E-state index contributed by atoms with van der Waals surface area (Å²) in [5.41, 5.74) is 4.08. The highest BCUT2D eigenvalue weighted by Crippen LogP contribution is 2.27. The van der Waals surface area contributed by atoms with Gasteiger partial charge in [0.1, 0.15) is 24.4 Å². The van der Waals surface area contributed by atoms with Crippen molar-refractivity contribution in [2.75, 3.05) is 33.0 Å². The van der Waals surface area contributed by atoms with Crippen LogP contribution in [0.5, 0.6) is 0 Å². The van der Waals surface area contributed by atoms with E-state index in [-0.39, 0.29) is 6.61 Å². The van der Waals surface area contributed by atoms with E-state index in [0.29, 0.717) is 25.8 Å². The number of rotatable bonds is 17. The third-order valence-corrected chi connectivity index (χ3v) is 5.70. The lowest BCUT2D eigenvalue weighted by Gasteiger charge is -2.42. The number of aliphatic hydroxyl groups is 6. The third-order valence-electron chi connectivity index (χ3n) is 5.70. The first-order valence-electron chi connectivity index (χ1n) is 13.1. The van der Waals surface area contributed by atoms with Gasteiger partial charge in [0, 0.05) is 18.9 Å². The Morgan fingerprint density at radius 3 is 2.45 bits per heavy atom. The molecule has 230 valence electrons. The number of nitrogens with one attached hydrogen (secondary N) is 1. The number of pyridine rings is 1. The topological polar surface area (TPSA) is 202 Å². The van der Waals surface area contributed by atoms with Gasteiger partial charge < -0.3 is 54.3 Å². The molecule has 1 fully saturated rings. The summed E-state index contributed by atoms with van der Waals surface area (Å²) in [5, 5.41) is 60.1. The number of aromatic nitrogens is 1. The van der Waals surface area contributed by atoms with E-state index < -0.39 is 74.3 Å². The maximum Gasteiger partial charge on any atom is 0.316 e. The number of hydrogen-bond acceptors (Lipinski definition) is 14. The highest BCUT2D eigenvalue weighted by molar-refractivity contribution is 5.15. The van der Waals surface area contributed by atoms with Gasteiger partial charge in [-0.3, -0.25) is 9.82 Å². The van der Waals surface area contributed by atoms with Crippen LogP contribution in [0.15, 0.2) is 30.7 Å². The van der Waals surface area contributed by atoms with Gasteiger partial charge in [-0.1, -0.05) is 6.07 Å². The molecule has 0 aromatic carbocycles.